The lowest BCUT2D eigenvalue weighted by atomic mass is 9.77. The normalized spacial score (nSPS) is 39.9. The minimum atomic E-state index is -0.782. The first-order valence-corrected chi connectivity index (χ1v) is 8.61. The first kappa shape index (κ1) is 14.9. The largest absolute Gasteiger partial charge is 0.481 e. The summed E-state index contributed by atoms with van der Waals surface area (Å²) in [5.74, 6) is -0.363. The number of amides is 1. The fourth-order valence-electron chi connectivity index (χ4n) is 4.95. The van der Waals surface area contributed by atoms with Gasteiger partial charge in [0.15, 0.2) is 0 Å². The smallest absolute Gasteiger partial charge is 0.307 e. The van der Waals surface area contributed by atoms with Crippen molar-refractivity contribution in [1.29, 1.82) is 0 Å². The Hall–Kier alpha value is -1.06. The molecule has 0 spiro atoms. The topological polar surface area (TPSA) is 57.6 Å². The fourth-order valence-corrected chi connectivity index (χ4v) is 4.95. The Bertz CT molecular complexity index is 420. The SMILES string of the molecule is CC1CC(C(=O)O)C(C(=O)N2CCCC3CCCCC32)C1. The van der Waals surface area contributed by atoms with E-state index >= 15 is 0 Å². The molecule has 1 aliphatic heterocycles. The van der Waals surface area contributed by atoms with Crippen molar-refractivity contribution in [2.75, 3.05) is 6.54 Å². The Morgan fingerprint density at radius 2 is 1.67 bits per heavy atom. The Morgan fingerprint density at radius 3 is 2.43 bits per heavy atom. The number of likely N-dealkylation sites (tertiary alicyclic amines) is 1. The molecule has 118 valence electrons. The highest BCUT2D eigenvalue weighted by molar-refractivity contribution is 5.85. The van der Waals surface area contributed by atoms with Gasteiger partial charge in [0.25, 0.3) is 0 Å². The van der Waals surface area contributed by atoms with Gasteiger partial charge in [0, 0.05) is 12.6 Å². The summed E-state index contributed by atoms with van der Waals surface area (Å²) in [6, 6.07) is 0.394. The van der Waals surface area contributed by atoms with Crippen molar-refractivity contribution in [3.8, 4) is 0 Å². The monoisotopic (exact) mass is 293 g/mol. The van der Waals surface area contributed by atoms with Gasteiger partial charge in [-0.1, -0.05) is 19.8 Å². The lowest BCUT2D eigenvalue weighted by molar-refractivity contribution is -0.152. The van der Waals surface area contributed by atoms with Crippen LogP contribution in [0.3, 0.4) is 0 Å². The predicted octanol–water partition coefficient (Wildman–Crippen LogP) is 2.91. The Kier molecular flexibility index (Phi) is 4.23. The average molecular weight is 293 g/mol. The van der Waals surface area contributed by atoms with Crippen LogP contribution in [0, 0.1) is 23.7 Å². The maximum Gasteiger partial charge on any atom is 0.307 e. The number of fused-ring (bicyclic) bond motifs is 1. The second-order valence-corrected chi connectivity index (χ2v) is 7.41. The molecule has 21 heavy (non-hydrogen) atoms. The Morgan fingerprint density at radius 1 is 1.00 bits per heavy atom. The van der Waals surface area contributed by atoms with Crippen molar-refractivity contribution in [3.05, 3.63) is 0 Å². The van der Waals surface area contributed by atoms with Gasteiger partial charge < -0.3 is 10.0 Å². The van der Waals surface area contributed by atoms with E-state index in [9.17, 15) is 14.7 Å². The van der Waals surface area contributed by atoms with Crippen molar-refractivity contribution >= 4 is 11.9 Å². The molecule has 0 aromatic rings. The summed E-state index contributed by atoms with van der Waals surface area (Å²) in [4.78, 5) is 26.5. The number of carbonyl (C=O) groups excluding carboxylic acids is 1. The molecule has 3 rings (SSSR count). The number of carboxylic acids is 1. The Balaban J connectivity index is 1.75. The second-order valence-electron chi connectivity index (χ2n) is 7.41. The second kappa shape index (κ2) is 5.98. The van der Waals surface area contributed by atoms with Gasteiger partial charge in [0.1, 0.15) is 0 Å². The van der Waals surface area contributed by atoms with Crippen molar-refractivity contribution in [2.45, 2.75) is 64.3 Å². The third-order valence-electron chi connectivity index (χ3n) is 5.96. The van der Waals surface area contributed by atoms with E-state index in [2.05, 4.69) is 11.8 Å². The molecule has 4 nitrogen and oxygen atoms in total. The van der Waals surface area contributed by atoms with Gasteiger partial charge in [-0.15, -0.1) is 0 Å². The molecule has 0 aromatic heterocycles. The highest BCUT2D eigenvalue weighted by Gasteiger charge is 2.45. The van der Waals surface area contributed by atoms with Gasteiger partial charge in [-0.05, 0) is 50.4 Å². The van der Waals surface area contributed by atoms with Crippen LogP contribution in [-0.2, 0) is 9.59 Å². The number of rotatable bonds is 2. The number of carboxylic acid groups (broad SMARTS) is 1. The Labute approximate surface area is 126 Å². The molecule has 1 heterocycles. The predicted molar refractivity (Wildman–Crippen MR) is 79.7 cm³/mol. The number of nitrogens with zero attached hydrogens (tertiary/aromatic N) is 1. The number of carbonyl (C=O) groups is 2. The molecule has 0 aromatic carbocycles. The number of hydrogen-bond acceptors (Lipinski definition) is 2. The van der Waals surface area contributed by atoms with Gasteiger partial charge in [-0.3, -0.25) is 9.59 Å². The van der Waals surface area contributed by atoms with Gasteiger partial charge in [-0.25, -0.2) is 0 Å². The van der Waals surface area contributed by atoms with Crippen molar-refractivity contribution in [1.82, 2.24) is 4.90 Å². The fraction of sp³-hybridized carbons (Fsp3) is 0.882. The molecule has 1 saturated heterocycles. The van der Waals surface area contributed by atoms with Crippen LogP contribution in [0.4, 0.5) is 0 Å². The van der Waals surface area contributed by atoms with E-state index < -0.39 is 11.9 Å². The first-order chi connectivity index (χ1) is 10.1. The van der Waals surface area contributed by atoms with Crippen molar-refractivity contribution in [2.24, 2.45) is 23.7 Å². The minimum Gasteiger partial charge on any atom is -0.481 e. The van der Waals surface area contributed by atoms with E-state index in [-0.39, 0.29) is 11.8 Å². The van der Waals surface area contributed by atoms with Gasteiger partial charge in [0.2, 0.25) is 5.91 Å². The van der Waals surface area contributed by atoms with E-state index in [1.54, 1.807) is 0 Å². The zero-order chi connectivity index (χ0) is 15.0. The maximum atomic E-state index is 13.0. The van der Waals surface area contributed by atoms with Gasteiger partial charge in [0.05, 0.1) is 11.8 Å². The van der Waals surface area contributed by atoms with E-state index in [1.807, 2.05) is 0 Å². The molecule has 0 radical (unpaired) electrons. The molecule has 2 aliphatic carbocycles. The highest BCUT2D eigenvalue weighted by atomic mass is 16.4. The molecule has 4 heteroatoms. The molecule has 3 aliphatic rings. The van der Waals surface area contributed by atoms with E-state index in [4.69, 9.17) is 0 Å². The molecule has 1 N–H and O–H groups in total. The number of aliphatic carboxylic acids is 1. The van der Waals surface area contributed by atoms with E-state index in [0.29, 0.717) is 24.3 Å². The van der Waals surface area contributed by atoms with Gasteiger partial charge >= 0.3 is 5.97 Å². The minimum absolute atomic E-state index is 0.142. The molecule has 2 saturated carbocycles. The molecule has 1 amide bonds. The van der Waals surface area contributed by atoms with E-state index in [1.165, 1.54) is 25.7 Å². The molecule has 5 unspecified atom stereocenters. The van der Waals surface area contributed by atoms with Crippen LogP contribution in [0.15, 0.2) is 0 Å². The van der Waals surface area contributed by atoms with Crippen LogP contribution in [0.5, 0.6) is 0 Å². The van der Waals surface area contributed by atoms with Crippen LogP contribution >= 0.6 is 0 Å². The third kappa shape index (κ3) is 2.82. The van der Waals surface area contributed by atoms with E-state index in [0.717, 1.165) is 25.8 Å². The molecule has 0 bridgehead atoms. The van der Waals surface area contributed by atoms with Crippen molar-refractivity contribution < 1.29 is 14.7 Å². The molecular formula is C17H27NO3. The standard InChI is InChI=1S/C17H27NO3/c1-11-9-13(14(10-11)17(20)21)16(19)18-8-4-6-12-5-2-3-7-15(12)18/h11-15H,2-10H2,1H3,(H,20,21). The average Bonchev–Trinajstić information content (AvgIpc) is 2.88. The van der Waals surface area contributed by atoms with Crippen LogP contribution in [0.1, 0.15) is 58.3 Å². The first-order valence-electron chi connectivity index (χ1n) is 8.61. The number of hydrogen-bond donors (Lipinski definition) is 1. The van der Waals surface area contributed by atoms with Gasteiger partial charge in [-0.2, -0.15) is 0 Å². The summed E-state index contributed by atoms with van der Waals surface area (Å²) in [5.41, 5.74) is 0. The summed E-state index contributed by atoms with van der Waals surface area (Å²) in [5, 5.41) is 9.41. The summed E-state index contributed by atoms with van der Waals surface area (Å²) >= 11 is 0. The lowest BCUT2D eigenvalue weighted by Gasteiger charge is -2.45. The van der Waals surface area contributed by atoms with Crippen LogP contribution in [0.2, 0.25) is 0 Å². The molecule has 3 fully saturated rings. The summed E-state index contributed by atoms with van der Waals surface area (Å²) in [7, 11) is 0. The van der Waals surface area contributed by atoms with Crippen molar-refractivity contribution in [3.63, 3.8) is 0 Å². The maximum absolute atomic E-state index is 13.0. The zero-order valence-electron chi connectivity index (χ0n) is 13.0. The quantitative estimate of drug-likeness (QED) is 0.851. The summed E-state index contributed by atoms with van der Waals surface area (Å²) in [6.07, 6.45) is 8.63. The number of piperidine rings is 1. The van der Waals surface area contributed by atoms with Crippen LogP contribution < -0.4 is 0 Å². The highest BCUT2D eigenvalue weighted by Crippen LogP contribution is 2.41. The zero-order valence-corrected chi connectivity index (χ0v) is 13.0. The lowest BCUT2D eigenvalue weighted by Crippen LogP contribution is -2.52. The van der Waals surface area contributed by atoms with Crippen LogP contribution in [-0.4, -0.2) is 34.5 Å². The third-order valence-corrected chi connectivity index (χ3v) is 5.96. The molecule has 5 atom stereocenters. The summed E-state index contributed by atoms with van der Waals surface area (Å²) < 4.78 is 0. The van der Waals surface area contributed by atoms with Crippen LogP contribution in [0.25, 0.3) is 0 Å². The molecular weight excluding hydrogens is 266 g/mol. The summed E-state index contributed by atoms with van der Waals surface area (Å²) in [6.45, 7) is 2.92.